The van der Waals surface area contributed by atoms with Crippen LogP contribution in [-0.2, 0) is 11.2 Å². The molecular formula is C21H24FNO3. The van der Waals surface area contributed by atoms with Gasteiger partial charge in [0, 0.05) is 12.5 Å². The monoisotopic (exact) mass is 357 g/mol. The smallest absolute Gasteiger partial charge is 0.317 e. The molecule has 0 saturated heterocycles. The van der Waals surface area contributed by atoms with Gasteiger partial charge in [0.15, 0.2) is 0 Å². The van der Waals surface area contributed by atoms with Gasteiger partial charge in [-0.25, -0.2) is 4.39 Å². The van der Waals surface area contributed by atoms with Gasteiger partial charge >= 0.3 is 5.97 Å². The zero-order chi connectivity index (χ0) is 18.7. The number of hydrogen-bond acceptors (Lipinski definition) is 3. The number of ether oxygens (including phenoxy) is 1. The molecule has 0 amide bonds. The lowest BCUT2D eigenvalue weighted by Crippen LogP contribution is -2.35. The Morgan fingerprint density at radius 2 is 2.00 bits per heavy atom. The summed E-state index contributed by atoms with van der Waals surface area (Å²) in [7, 11) is 3.49. The number of rotatable bonds is 6. The lowest BCUT2D eigenvalue weighted by Gasteiger charge is -2.36. The fraction of sp³-hybridized carbons (Fsp3) is 0.381. The van der Waals surface area contributed by atoms with E-state index in [0.29, 0.717) is 6.54 Å². The van der Waals surface area contributed by atoms with Crippen LogP contribution in [-0.4, -0.2) is 43.2 Å². The Morgan fingerprint density at radius 1 is 1.27 bits per heavy atom. The van der Waals surface area contributed by atoms with E-state index in [1.165, 1.54) is 23.3 Å². The average molecular weight is 357 g/mol. The van der Waals surface area contributed by atoms with Crippen molar-refractivity contribution in [1.82, 2.24) is 4.90 Å². The summed E-state index contributed by atoms with van der Waals surface area (Å²) >= 11 is 0. The van der Waals surface area contributed by atoms with E-state index in [1.54, 1.807) is 7.11 Å². The van der Waals surface area contributed by atoms with Crippen molar-refractivity contribution < 1.29 is 19.0 Å². The average Bonchev–Trinajstić information content (AvgIpc) is 2.61. The molecule has 0 unspecified atom stereocenters. The molecule has 0 saturated carbocycles. The second-order valence-electron chi connectivity index (χ2n) is 6.98. The number of likely N-dealkylation sites (N-methyl/N-ethyl adjacent to an activating group) is 1. The number of carboxylic acid groups (broad SMARTS) is 1. The Labute approximate surface area is 153 Å². The van der Waals surface area contributed by atoms with Crippen molar-refractivity contribution >= 4 is 5.97 Å². The third-order valence-corrected chi connectivity index (χ3v) is 5.12. The third-order valence-electron chi connectivity index (χ3n) is 5.12. The SMILES string of the molecule is COc1ccc2c(c1)CC[C@H](CN(C)CC(=O)O)[C@@H]2c1ccc(F)cc1. The number of aliphatic carboxylic acids is 1. The molecule has 0 bridgehead atoms. The number of halogens is 1. The van der Waals surface area contributed by atoms with Gasteiger partial charge in [-0.1, -0.05) is 18.2 Å². The van der Waals surface area contributed by atoms with E-state index in [9.17, 15) is 9.18 Å². The van der Waals surface area contributed by atoms with Crippen LogP contribution in [0.5, 0.6) is 5.75 Å². The highest BCUT2D eigenvalue weighted by atomic mass is 19.1. The van der Waals surface area contributed by atoms with E-state index in [4.69, 9.17) is 9.84 Å². The second-order valence-corrected chi connectivity index (χ2v) is 6.98. The molecule has 138 valence electrons. The summed E-state index contributed by atoms with van der Waals surface area (Å²) in [4.78, 5) is 12.9. The minimum Gasteiger partial charge on any atom is -0.497 e. The lowest BCUT2D eigenvalue weighted by molar-refractivity contribution is -0.138. The summed E-state index contributed by atoms with van der Waals surface area (Å²) in [6.07, 6.45) is 1.88. The van der Waals surface area contributed by atoms with Crippen molar-refractivity contribution in [3.05, 3.63) is 65.0 Å². The summed E-state index contributed by atoms with van der Waals surface area (Å²) in [6, 6.07) is 12.8. The highest BCUT2D eigenvalue weighted by molar-refractivity contribution is 5.69. The van der Waals surface area contributed by atoms with E-state index in [2.05, 4.69) is 12.1 Å². The number of methoxy groups -OCH3 is 1. The number of fused-ring (bicyclic) bond motifs is 1. The highest BCUT2D eigenvalue weighted by Gasteiger charge is 2.32. The zero-order valence-electron chi connectivity index (χ0n) is 15.1. The topological polar surface area (TPSA) is 49.8 Å². The highest BCUT2D eigenvalue weighted by Crippen LogP contribution is 2.42. The first kappa shape index (κ1) is 18.4. The van der Waals surface area contributed by atoms with Gasteiger partial charge in [-0.15, -0.1) is 0 Å². The van der Waals surface area contributed by atoms with Crippen molar-refractivity contribution in [3.63, 3.8) is 0 Å². The number of benzene rings is 2. The molecule has 5 heteroatoms. The Kier molecular flexibility index (Phi) is 5.57. The first-order valence-corrected chi connectivity index (χ1v) is 8.80. The van der Waals surface area contributed by atoms with Gasteiger partial charge in [0.2, 0.25) is 0 Å². The Balaban J connectivity index is 1.96. The second kappa shape index (κ2) is 7.87. The molecule has 1 aliphatic rings. The van der Waals surface area contributed by atoms with Gasteiger partial charge in [-0.05, 0) is 66.8 Å². The van der Waals surface area contributed by atoms with Crippen molar-refractivity contribution in [1.29, 1.82) is 0 Å². The standard InChI is InChI=1S/C21H24FNO3/c1-23(13-20(24)25)12-16-4-3-15-11-18(26-2)9-10-19(15)21(16)14-5-7-17(22)8-6-14/h5-11,16,21H,3-4,12-13H2,1-2H3,(H,24,25)/t16-,21+/m1/s1. The zero-order valence-corrected chi connectivity index (χ0v) is 15.1. The molecule has 4 nitrogen and oxygen atoms in total. The van der Waals surface area contributed by atoms with E-state index in [1.807, 2.05) is 30.1 Å². The molecule has 2 aromatic rings. The molecule has 0 fully saturated rings. The van der Waals surface area contributed by atoms with Crippen LogP contribution in [0.4, 0.5) is 4.39 Å². The van der Waals surface area contributed by atoms with Gasteiger partial charge in [0.25, 0.3) is 0 Å². The van der Waals surface area contributed by atoms with E-state index >= 15 is 0 Å². The maximum absolute atomic E-state index is 13.4. The van der Waals surface area contributed by atoms with Gasteiger partial charge in [-0.3, -0.25) is 9.69 Å². The first-order chi connectivity index (χ1) is 12.5. The molecule has 0 spiro atoms. The Hall–Kier alpha value is -2.40. The maximum atomic E-state index is 13.4. The van der Waals surface area contributed by atoms with Crippen molar-refractivity contribution in [2.24, 2.45) is 5.92 Å². The number of carboxylic acids is 1. The normalized spacial score (nSPS) is 19.2. The number of carbonyl (C=O) groups is 1. The van der Waals surface area contributed by atoms with Crippen LogP contribution in [0.2, 0.25) is 0 Å². The minimum atomic E-state index is -0.827. The van der Waals surface area contributed by atoms with Crippen LogP contribution in [0.15, 0.2) is 42.5 Å². The molecular weight excluding hydrogens is 333 g/mol. The van der Waals surface area contributed by atoms with E-state index < -0.39 is 5.97 Å². The quantitative estimate of drug-likeness (QED) is 0.859. The third kappa shape index (κ3) is 4.05. The van der Waals surface area contributed by atoms with Crippen LogP contribution >= 0.6 is 0 Å². The molecule has 2 atom stereocenters. The van der Waals surface area contributed by atoms with Crippen molar-refractivity contribution in [2.45, 2.75) is 18.8 Å². The molecule has 0 aromatic heterocycles. The molecule has 0 radical (unpaired) electrons. The predicted octanol–water partition coefficient (Wildman–Crippen LogP) is 3.55. The van der Waals surface area contributed by atoms with E-state index in [-0.39, 0.29) is 24.2 Å². The summed E-state index contributed by atoms with van der Waals surface area (Å²) < 4.78 is 18.8. The fourth-order valence-electron chi connectivity index (χ4n) is 4.00. The van der Waals surface area contributed by atoms with Crippen LogP contribution in [0, 0.1) is 11.7 Å². The molecule has 0 aliphatic heterocycles. The lowest BCUT2D eigenvalue weighted by atomic mass is 9.71. The molecule has 1 N–H and O–H groups in total. The van der Waals surface area contributed by atoms with Gasteiger partial charge < -0.3 is 9.84 Å². The summed E-state index contributed by atoms with van der Waals surface area (Å²) in [6.45, 7) is 0.696. The van der Waals surface area contributed by atoms with Gasteiger partial charge in [-0.2, -0.15) is 0 Å². The predicted molar refractivity (Wildman–Crippen MR) is 98.2 cm³/mol. The summed E-state index contributed by atoms with van der Waals surface area (Å²) in [5, 5.41) is 9.05. The summed E-state index contributed by atoms with van der Waals surface area (Å²) in [5.41, 5.74) is 3.53. The van der Waals surface area contributed by atoms with Gasteiger partial charge in [0.1, 0.15) is 11.6 Å². The Morgan fingerprint density at radius 3 is 2.65 bits per heavy atom. The Bertz CT molecular complexity index is 775. The molecule has 26 heavy (non-hydrogen) atoms. The molecule has 1 aliphatic carbocycles. The van der Waals surface area contributed by atoms with Crippen LogP contribution in [0.1, 0.15) is 29.0 Å². The maximum Gasteiger partial charge on any atom is 0.317 e. The minimum absolute atomic E-state index is 0.0160. The van der Waals surface area contributed by atoms with Crippen LogP contribution < -0.4 is 4.74 Å². The van der Waals surface area contributed by atoms with Crippen molar-refractivity contribution in [2.75, 3.05) is 27.2 Å². The van der Waals surface area contributed by atoms with Gasteiger partial charge in [0.05, 0.1) is 13.7 Å². The van der Waals surface area contributed by atoms with E-state index in [0.717, 1.165) is 24.2 Å². The largest absolute Gasteiger partial charge is 0.497 e. The number of aryl methyl sites for hydroxylation is 1. The fourth-order valence-corrected chi connectivity index (χ4v) is 4.00. The van der Waals surface area contributed by atoms with Crippen LogP contribution in [0.25, 0.3) is 0 Å². The van der Waals surface area contributed by atoms with Crippen molar-refractivity contribution in [3.8, 4) is 5.75 Å². The van der Waals surface area contributed by atoms with Crippen LogP contribution in [0.3, 0.4) is 0 Å². The molecule has 2 aromatic carbocycles. The molecule has 3 rings (SSSR count). The summed E-state index contributed by atoms with van der Waals surface area (Å²) in [5.74, 6) is 0.140. The first-order valence-electron chi connectivity index (χ1n) is 8.80. The molecule has 0 heterocycles. The number of hydrogen-bond donors (Lipinski definition) is 1. The number of nitrogens with zero attached hydrogens (tertiary/aromatic N) is 1.